The van der Waals surface area contributed by atoms with Crippen LogP contribution in [0.25, 0.3) is 10.2 Å². The molecular weight excluding hydrogens is 378 g/mol. The molecule has 1 aromatic carbocycles. The van der Waals surface area contributed by atoms with Gasteiger partial charge in [0.1, 0.15) is 4.83 Å². The van der Waals surface area contributed by atoms with Gasteiger partial charge in [0.2, 0.25) is 5.91 Å². The molecule has 0 aliphatic carbocycles. The number of nitrogens with one attached hydrogen (secondary N) is 2. The molecule has 0 spiro atoms. The van der Waals surface area contributed by atoms with Crippen molar-refractivity contribution in [2.75, 3.05) is 5.32 Å². The second-order valence-electron chi connectivity index (χ2n) is 6.60. The summed E-state index contributed by atoms with van der Waals surface area (Å²) in [6.07, 6.45) is -0.597. The first-order chi connectivity index (χ1) is 13.2. The van der Waals surface area contributed by atoms with E-state index in [4.69, 9.17) is 4.74 Å². The van der Waals surface area contributed by atoms with Crippen molar-refractivity contribution in [3.63, 3.8) is 0 Å². The van der Waals surface area contributed by atoms with Crippen LogP contribution in [0.15, 0.2) is 29.1 Å². The summed E-state index contributed by atoms with van der Waals surface area (Å²) in [6, 6.07) is 6.95. The molecule has 28 heavy (non-hydrogen) atoms. The lowest BCUT2D eigenvalue weighted by Gasteiger charge is -2.13. The Hall–Kier alpha value is -3.00. The number of aromatic amines is 1. The third-order valence-electron chi connectivity index (χ3n) is 4.37. The number of aromatic nitrogens is 2. The minimum Gasteiger partial charge on any atom is -0.454 e. The number of thiophene rings is 1. The Morgan fingerprint density at radius 1 is 1.25 bits per heavy atom. The summed E-state index contributed by atoms with van der Waals surface area (Å²) < 4.78 is 5.44. The molecule has 1 amide bonds. The van der Waals surface area contributed by atoms with Gasteiger partial charge in [-0.15, -0.1) is 11.3 Å². The molecule has 0 aliphatic rings. The molecule has 2 heterocycles. The van der Waals surface area contributed by atoms with Crippen molar-refractivity contribution in [2.45, 2.75) is 40.2 Å². The monoisotopic (exact) mass is 399 g/mol. The van der Waals surface area contributed by atoms with E-state index < -0.39 is 12.1 Å². The molecule has 3 aromatic rings. The van der Waals surface area contributed by atoms with Crippen molar-refractivity contribution in [1.82, 2.24) is 9.97 Å². The molecule has 3 rings (SSSR count). The number of carbonyl (C=O) groups excluding carboxylic acids is 2. The second kappa shape index (κ2) is 7.93. The van der Waals surface area contributed by atoms with Crippen LogP contribution in [0.2, 0.25) is 0 Å². The molecule has 146 valence electrons. The van der Waals surface area contributed by atoms with Crippen LogP contribution in [0.1, 0.15) is 41.8 Å². The fourth-order valence-electron chi connectivity index (χ4n) is 2.83. The Kier molecular flexibility index (Phi) is 5.60. The smallest absolute Gasteiger partial charge is 0.310 e. The molecule has 7 nitrogen and oxygen atoms in total. The van der Waals surface area contributed by atoms with Gasteiger partial charge in [0.05, 0.1) is 11.8 Å². The number of benzene rings is 1. The fourth-order valence-corrected chi connectivity index (χ4v) is 3.87. The molecule has 0 saturated carbocycles. The zero-order valence-corrected chi connectivity index (χ0v) is 16.9. The summed E-state index contributed by atoms with van der Waals surface area (Å²) in [6.45, 7) is 6.95. The van der Waals surface area contributed by atoms with Gasteiger partial charge in [0.15, 0.2) is 11.9 Å². The van der Waals surface area contributed by atoms with Gasteiger partial charge in [-0.05, 0) is 44.0 Å². The van der Waals surface area contributed by atoms with Crippen LogP contribution in [-0.4, -0.2) is 21.8 Å². The number of H-pyrrole nitrogens is 1. The van der Waals surface area contributed by atoms with Gasteiger partial charge in [-0.25, -0.2) is 4.98 Å². The highest BCUT2D eigenvalue weighted by molar-refractivity contribution is 7.18. The van der Waals surface area contributed by atoms with Crippen LogP contribution in [-0.2, 0) is 20.7 Å². The van der Waals surface area contributed by atoms with E-state index in [0.717, 1.165) is 16.0 Å². The molecule has 1 atom stereocenters. The zero-order chi connectivity index (χ0) is 20.4. The summed E-state index contributed by atoms with van der Waals surface area (Å²) in [5, 5.41) is 3.26. The average molecular weight is 399 g/mol. The lowest BCUT2D eigenvalue weighted by molar-refractivity contribution is -0.148. The highest BCUT2D eigenvalue weighted by Crippen LogP contribution is 2.27. The second-order valence-corrected chi connectivity index (χ2v) is 7.80. The standard InChI is InChI=1S/C20H21N3O4S/c1-10-12(3)28-20-17(10)19(26)22-18(23-20)11(2)27-16(25)9-14-5-7-15(8-6-14)21-13(4)24/h5-8,11H,9H2,1-4H3,(H,21,24)(H,22,23,26)/t11-/m0/s1. The Morgan fingerprint density at radius 2 is 1.93 bits per heavy atom. The number of anilines is 1. The number of hydrogen-bond acceptors (Lipinski definition) is 6. The number of ether oxygens (including phenoxy) is 1. The molecule has 0 bridgehead atoms. The van der Waals surface area contributed by atoms with E-state index in [1.807, 2.05) is 13.8 Å². The fraction of sp³-hybridized carbons (Fsp3) is 0.300. The lowest BCUT2D eigenvalue weighted by Crippen LogP contribution is -2.18. The number of fused-ring (bicyclic) bond motifs is 1. The van der Waals surface area contributed by atoms with E-state index in [2.05, 4.69) is 15.3 Å². The Morgan fingerprint density at radius 3 is 2.57 bits per heavy atom. The molecule has 0 fully saturated rings. The highest BCUT2D eigenvalue weighted by atomic mass is 32.1. The summed E-state index contributed by atoms with van der Waals surface area (Å²) in [4.78, 5) is 44.5. The van der Waals surface area contributed by atoms with Crippen LogP contribution in [0, 0.1) is 13.8 Å². The van der Waals surface area contributed by atoms with Crippen molar-refractivity contribution in [3.05, 3.63) is 56.4 Å². The van der Waals surface area contributed by atoms with Crippen molar-refractivity contribution < 1.29 is 14.3 Å². The van der Waals surface area contributed by atoms with Crippen LogP contribution >= 0.6 is 11.3 Å². The van der Waals surface area contributed by atoms with E-state index in [1.165, 1.54) is 18.3 Å². The SMILES string of the molecule is CC(=O)Nc1ccc(CC(=O)O[C@@H](C)c2nc3sc(C)c(C)c3c(=O)[nH]2)cc1. The minimum atomic E-state index is -0.675. The zero-order valence-electron chi connectivity index (χ0n) is 16.1. The van der Waals surface area contributed by atoms with Gasteiger partial charge < -0.3 is 15.0 Å². The van der Waals surface area contributed by atoms with Gasteiger partial charge in [0.25, 0.3) is 5.56 Å². The van der Waals surface area contributed by atoms with Gasteiger partial charge in [-0.2, -0.15) is 0 Å². The minimum absolute atomic E-state index is 0.0778. The Bertz CT molecular complexity index is 1100. The van der Waals surface area contributed by atoms with Crippen LogP contribution in [0.4, 0.5) is 5.69 Å². The number of carbonyl (C=O) groups is 2. The predicted molar refractivity (Wildman–Crippen MR) is 109 cm³/mol. The molecule has 0 unspecified atom stereocenters. The summed E-state index contributed by atoms with van der Waals surface area (Å²) >= 11 is 1.45. The van der Waals surface area contributed by atoms with E-state index in [9.17, 15) is 14.4 Å². The number of esters is 1. The Labute approximate surface area is 165 Å². The first-order valence-corrected chi connectivity index (χ1v) is 9.62. The van der Waals surface area contributed by atoms with Gasteiger partial charge in [-0.3, -0.25) is 14.4 Å². The number of nitrogens with zero attached hydrogens (tertiary/aromatic N) is 1. The lowest BCUT2D eigenvalue weighted by atomic mass is 10.1. The Balaban J connectivity index is 1.69. The maximum absolute atomic E-state index is 12.4. The molecule has 0 saturated heterocycles. The van der Waals surface area contributed by atoms with Crippen LogP contribution in [0.3, 0.4) is 0 Å². The average Bonchev–Trinajstić information content (AvgIpc) is 2.90. The van der Waals surface area contributed by atoms with Crippen molar-refractivity contribution in [2.24, 2.45) is 0 Å². The number of hydrogen-bond donors (Lipinski definition) is 2. The van der Waals surface area contributed by atoms with Crippen molar-refractivity contribution in [3.8, 4) is 0 Å². The molecule has 0 radical (unpaired) electrons. The maximum Gasteiger partial charge on any atom is 0.310 e. The highest BCUT2D eigenvalue weighted by Gasteiger charge is 2.18. The first kappa shape index (κ1) is 19.8. The molecule has 2 N–H and O–H groups in total. The van der Waals surface area contributed by atoms with E-state index in [-0.39, 0.29) is 17.9 Å². The summed E-state index contributed by atoms with van der Waals surface area (Å²) in [7, 11) is 0. The van der Waals surface area contributed by atoms with Crippen LogP contribution in [0.5, 0.6) is 0 Å². The molecular formula is C20H21N3O4S. The van der Waals surface area contributed by atoms with Crippen molar-refractivity contribution in [1.29, 1.82) is 0 Å². The third kappa shape index (κ3) is 4.28. The number of aryl methyl sites for hydroxylation is 2. The van der Waals surface area contributed by atoms with E-state index in [0.29, 0.717) is 21.7 Å². The summed E-state index contributed by atoms with van der Waals surface area (Å²) in [5.74, 6) is -0.259. The van der Waals surface area contributed by atoms with Crippen LogP contribution < -0.4 is 10.9 Å². The molecule has 0 aliphatic heterocycles. The molecule has 2 aromatic heterocycles. The quantitative estimate of drug-likeness (QED) is 0.640. The van der Waals surface area contributed by atoms with Crippen molar-refractivity contribution >= 4 is 39.1 Å². The van der Waals surface area contributed by atoms with Gasteiger partial charge >= 0.3 is 5.97 Å². The van der Waals surface area contributed by atoms with Gasteiger partial charge in [0, 0.05) is 17.5 Å². The first-order valence-electron chi connectivity index (χ1n) is 8.80. The number of rotatable bonds is 5. The normalized spacial score (nSPS) is 12.0. The maximum atomic E-state index is 12.4. The van der Waals surface area contributed by atoms with Gasteiger partial charge in [-0.1, -0.05) is 12.1 Å². The largest absolute Gasteiger partial charge is 0.454 e. The molecule has 8 heteroatoms. The summed E-state index contributed by atoms with van der Waals surface area (Å²) in [5.41, 5.74) is 2.12. The topological polar surface area (TPSA) is 101 Å². The predicted octanol–water partition coefficient (Wildman–Crippen LogP) is 3.41. The van der Waals surface area contributed by atoms with E-state index in [1.54, 1.807) is 31.2 Å². The number of amides is 1. The third-order valence-corrected chi connectivity index (χ3v) is 5.47. The van der Waals surface area contributed by atoms with E-state index >= 15 is 0 Å².